The fourth-order valence-electron chi connectivity index (χ4n) is 4.29. The van der Waals surface area contributed by atoms with E-state index in [9.17, 15) is 4.79 Å². The van der Waals surface area contributed by atoms with Crippen LogP contribution in [-0.2, 0) is 5.54 Å². The highest BCUT2D eigenvalue weighted by atomic mass is 32.1. The van der Waals surface area contributed by atoms with E-state index in [1.165, 1.54) is 11.3 Å². The van der Waals surface area contributed by atoms with Crippen LogP contribution in [0, 0.1) is 6.92 Å². The zero-order chi connectivity index (χ0) is 22.0. The number of carbonyl (C=O) groups is 1. The van der Waals surface area contributed by atoms with Crippen LogP contribution < -0.4 is 0 Å². The summed E-state index contributed by atoms with van der Waals surface area (Å²) in [4.78, 5) is 19.5. The van der Waals surface area contributed by atoms with Crippen molar-refractivity contribution in [3.05, 3.63) is 148 Å². The van der Waals surface area contributed by atoms with Crippen molar-refractivity contribution >= 4 is 17.1 Å². The summed E-state index contributed by atoms with van der Waals surface area (Å²) in [7, 11) is 0. The molecule has 0 bridgehead atoms. The van der Waals surface area contributed by atoms with Gasteiger partial charge in [0, 0.05) is 11.1 Å². The van der Waals surface area contributed by atoms with E-state index in [1.807, 2.05) is 79.9 Å². The molecule has 4 heteroatoms. The van der Waals surface area contributed by atoms with Gasteiger partial charge in [-0.2, -0.15) is 0 Å². The molecular weight excluding hydrogens is 412 g/mol. The van der Waals surface area contributed by atoms with Gasteiger partial charge in [-0.25, -0.2) is 4.98 Å². The summed E-state index contributed by atoms with van der Waals surface area (Å²) in [6.07, 6.45) is 3.66. The molecule has 0 aliphatic heterocycles. The highest BCUT2D eigenvalue weighted by molar-refractivity contribution is 7.14. The highest BCUT2D eigenvalue weighted by Crippen LogP contribution is 2.40. The number of carbonyl (C=O) groups excluding carboxylic acids is 1. The molecule has 0 aliphatic carbocycles. The second-order valence-electron chi connectivity index (χ2n) is 7.71. The summed E-state index contributed by atoms with van der Waals surface area (Å²) in [5.41, 5.74) is 3.07. The normalized spacial score (nSPS) is 11.4. The second-order valence-corrected chi connectivity index (χ2v) is 9.00. The number of hydrogen-bond donors (Lipinski definition) is 0. The van der Waals surface area contributed by atoms with Crippen molar-refractivity contribution in [3.63, 3.8) is 0 Å². The number of aromatic nitrogens is 2. The number of hydrogen-bond acceptors (Lipinski definition) is 3. The van der Waals surface area contributed by atoms with Crippen LogP contribution in [0.3, 0.4) is 0 Å². The molecular formula is C28H22N2OS. The molecule has 0 atom stereocenters. The van der Waals surface area contributed by atoms with Crippen molar-refractivity contribution in [1.29, 1.82) is 0 Å². The van der Waals surface area contributed by atoms with Crippen LogP contribution in [0.5, 0.6) is 0 Å². The fourth-order valence-corrected chi connectivity index (χ4v) is 5.11. The lowest BCUT2D eigenvalue weighted by Crippen LogP contribution is -2.37. The first-order valence-electron chi connectivity index (χ1n) is 10.5. The van der Waals surface area contributed by atoms with E-state index in [4.69, 9.17) is 0 Å². The molecule has 3 aromatic carbocycles. The van der Waals surface area contributed by atoms with Gasteiger partial charge >= 0.3 is 0 Å². The lowest BCUT2D eigenvalue weighted by molar-refractivity contribution is 0.103. The molecule has 0 saturated heterocycles. The molecule has 0 fully saturated rings. The minimum atomic E-state index is -0.666. The maximum atomic E-state index is 13.1. The third-order valence-electron chi connectivity index (χ3n) is 5.74. The van der Waals surface area contributed by atoms with Crippen molar-refractivity contribution in [2.75, 3.05) is 0 Å². The highest BCUT2D eigenvalue weighted by Gasteiger charge is 2.38. The average molecular weight is 435 g/mol. The van der Waals surface area contributed by atoms with Crippen molar-refractivity contribution in [2.24, 2.45) is 0 Å². The molecule has 0 saturated carbocycles. The van der Waals surface area contributed by atoms with Gasteiger partial charge in [-0.3, -0.25) is 4.79 Å². The Bertz CT molecular complexity index is 1240. The van der Waals surface area contributed by atoms with Gasteiger partial charge in [0.2, 0.25) is 5.78 Å². The van der Waals surface area contributed by atoms with Crippen LogP contribution in [0.15, 0.2) is 116 Å². The summed E-state index contributed by atoms with van der Waals surface area (Å²) in [5, 5.41) is 0. The molecule has 5 rings (SSSR count). The number of aryl methyl sites for hydroxylation is 1. The van der Waals surface area contributed by atoms with Crippen LogP contribution in [0.1, 0.15) is 36.9 Å². The number of imidazole rings is 1. The molecule has 0 N–H and O–H groups in total. The van der Waals surface area contributed by atoms with E-state index < -0.39 is 5.54 Å². The Hall–Kier alpha value is -3.76. The molecule has 2 heterocycles. The summed E-state index contributed by atoms with van der Waals surface area (Å²) in [5.74, 6) is -0.0510. The first-order valence-corrected chi connectivity index (χ1v) is 11.3. The quantitative estimate of drug-likeness (QED) is 0.231. The Balaban J connectivity index is 1.76. The Labute approximate surface area is 191 Å². The van der Waals surface area contributed by atoms with E-state index in [0.29, 0.717) is 10.6 Å². The van der Waals surface area contributed by atoms with Gasteiger partial charge in [0.15, 0.2) is 0 Å². The van der Waals surface area contributed by atoms with Crippen LogP contribution in [0.4, 0.5) is 0 Å². The van der Waals surface area contributed by atoms with E-state index >= 15 is 0 Å². The monoisotopic (exact) mass is 434 g/mol. The van der Waals surface area contributed by atoms with Crippen LogP contribution in [0.25, 0.3) is 0 Å². The topological polar surface area (TPSA) is 34.9 Å². The third-order valence-corrected chi connectivity index (χ3v) is 6.74. The molecule has 0 amide bonds. The average Bonchev–Trinajstić information content (AvgIpc) is 3.51. The van der Waals surface area contributed by atoms with E-state index in [0.717, 1.165) is 21.6 Å². The molecule has 0 radical (unpaired) electrons. The first-order chi connectivity index (χ1) is 15.7. The van der Waals surface area contributed by atoms with Gasteiger partial charge in [0.25, 0.3) is 0 Å². The van der Waals surface area contributed by atoms with Gasteiger partial charge < -0.3 is 4.57 Å². The standard InChI is InChI=1S/C28H22N2OS/c1-21-17-18-26(32-21)27(31)25-19-30(20-29-25)28(22-11-5-2-6-12-22,23-13-7-3-8-14-23)24-15-9-4-10-16-24/h2-20H,1H3. The second kappa shape index (κ2) is 8.40. The SMILES string of the molecule is Cc1ccc(C(=O)c2cn(C(c3ccccc3)(c3ccccc3)c3ccccc3)cn2)s1. The number of benzene rings is 3. The Morgan fingerprint density at radius 2 is 1.25 bits per heavy atom. The molecule has 0 spiro atoms. The lowest BCUT2D eigenvalue weighted by Gasteiger charge is -2.37. The minimum absolute atomic E-state index is 0.0510. The van der Waals surface area contributed by atoms with Crippen molar-refractivity contribution in [1.82, 2.24) is 9.55 Å². The Morgan fingerprint density at radius 3 is 1.69 bits per heavy atom. The minimum Gasteiger partial charge on any atom is -0.318 e. The zero-order valence-corrected chi connectivity index (χ0v) is 18.5. The van der Waals surface area contributed by atoms with E-state index in [1.54, 1.807) is 6.33 Å². The smallest absolute Gasteiger partial charge is 0.222 e. The number of rotatable bonds is 6. The summed E-state index contributed by atoms with van der Waals surface area (Å²) < 4.78 is 2.07. The van der Waals surface area contributed by atoms with Crippen molar-refractivity contribution in [3.8, 4) is 0 Å². The number of thiophene rings is 1. The van der Waals surface area contributed by atoms with E-state index in [2.05, 4.69) is 45.9 Å². The predicted octanol–water partition coefficient (Wildman–Crippen LogP) is 6.32. The maximum absolute atomic E-state index is 13.1. The molecule has 2 aromatic heterocycles. The van der Waals surface area contributed by atoms with Gasteiger partial charge in [0.05, 0.1) is 11.2 Å². The molecule has 156 valence electrons. The summed E-state index contributed by atoms with van der Waals surface area (Å²) in [6, 6.07) is 35.0. The van der Waals surface area contributed by atoms with Crippen molar-refractivity contribution < 1.29 is 4.79 Å². The van der Waals surface area contributed by atoms with Gasteiger partial charge in [-0.15, -0.1) is 11.3 Å². The fraction of sp³-hybridized carbons (Fsp3) is 0.0714. The first kappa shape index (κ1) is 20.2. The predicted molar refractivity (Wildman–Crippen MR) is 129 cm³/mol. The summed E-state index contributed by atoms with van der Waals surface area (Å²) >= 11 is 1.50. The van der Waals surface area contributed by atoms with E-state index in [-0.39, 0.29) is 5.78 Å². The molecule has 5 aromatic rings. The molecule has 32 heavy (non-hydrogen) atoms. The third kappa shape index (κ3) is 3.39. The number of nitrogens with zero attached hydrogens (tertiary/aromatic N) is 2. The number of ketones is 1. The maximum Gasteiger partial charge on any atom is 0.222 e. The van der Waals surface area contributed by atoms with Crippen LogP contribution in [0.2, 0.25) is 0 Å². The van der Waals surface area contributed by atoms with Gasteiger partial charge in [-0.05, 0) is 35.7 Å². The lowest BCUT2D eigenvalue weighted by atomic mass is 9.77. The van der Waals surface area contributed by atoms with Gasteiger partial charge in [0.1, 0.15) is 11.2 Å². The van der Waals surface area contributed by atoms with Crippen molar-refractivity contribution in [2.45, 2.75) is 12.5 Å². The van der Waals surface area contributed by atoms with Crippen LogP contribution >= 0.6 is 11.3 Å². The largest absolute Gasteiger partial charge is 0.318 e. The zero-order valence-electron chi connectivity index (χ0n) is 17.7. The molecule has 3 nitrogen and oxygen atoms in total. The Morgan fingerprint density at radius 1 is 0.750 bits per heavy atom. The van der Waals surface area contributed by atoms with Gasteiger partial charge in [-0.1, -0.05) is 91.0 Å². The Kier molecular flexibility index (Phi) is 5.29. The molecule has 0 aliphatic rings. The summed E-state index contributed by atoms with van der Waals surface area (Å²) in [6.45, 7) is 2.01. The molecule has 0 unspecified atom stereocenters. The van der Waals surface area contributed by atoms with Crippen LogP contribution in [-0.4, -0.2) is 15.3 Å².